The Bertz CT molecular complexity index is 259. The number of nitrogens with two attached hydrogens (primary N) is 1. The minimum absolute atomic E-state index is 0. The van der Waals surface area contributed by atoms with E-state index in [9.17, 15) is 4.79 Å². The largest absolute Gasteiger partial charge is 0.379 e. The molecule has 1 amide bonds. The molecule has 2 aliphatic rings. The molecule has 0 aliphatic heterocycles. The van der Waals surface area contributed by atoms with Gasteiger partial charge in [0, 0.05) is 25.6 Å². The predicted octanol–water partition coefficient (Wildman–Crippen LogP) is 1.47. The van der Waals surface area contributed by atoms with Crippen LogP contribution in [0.25, 0.3) is 0 Å². The maximum atomic E-state index is 11.6. The van der Waals surface area contributed by atoms with Crippen LogP contribution in [0.1, 0.15) is 38.5 Å². The summed E-state index contributed by atoms with van der Waals surface area (Å²) >= 11 is 0. The quantitative estimate of drug-likeness (QED) is 0.692. The van der Waals surface area contributed by atoms with Crippen LogP contribution in [0.3, 0.4) is 0 Å². The minimum atomic E-state index is 0. The molecule has 0 unspecified atom stereocenters. The first-order chi connectivity index (χ1) is 8.25. The first-order valence-electron chi connectivity index (χ1n) is 6.85. The van der Waals surface area contributed by atoms with E-state index < -0.39 is 0 Å². The van der Waals surface area contributed by atoms with Crippen molar-refractivity contribution in [1.82, 2.24) is 5.32 Å². The first-order valence-corrected chi connectivity index (χ1v) is 6.85. The summed E-state index contributed by atoms with van der Waals surface area (Å²) in [4.78, 5) is 11.6. The number of amides is 1. The Balaban J connectivity index is 0.00000162. The molecule has 0 bridgehead atoms. The summed E-state index contributed by atoms with van der Waals surface area (Å²) in [7, 11) is 0. The Kier molecular flexibility index (Phi) is 6.97. The van der Waals surface area contributed by atoms with Gasteiger partial charge in [0.05, 0.1) is 6.61 Å². The van der Waals surface area contributed by atoms with Crippen LogP contribution in [0.15, 0.2) is 0 Å². The second-order valence-electron chi connectivity index (χ2n) is 5.43. The van der Waals surface area contributed by atoms with Crippen molar-refractivity contribution < 1.29 is 9.53 Å². The number of hydrogen-bond acceptors (Lipinski definition) is 3. The highest BCUT2D eigenvalue weighted by molar-refractivity contribution is 5.85. The molecule has 0 spiro atoms. The third-order valence-electron chi connectivity index (χ3n) is 3.78. The molecular weight excluding hydrogens is 252 g/mol. The highest BCUT2D eigenvalue weighted by atomic mass is 35.5. The second kappa shape index (κ2) is 7.97. The van der Waals surface area contributed by atoms with Gasteiger partial charge in [-0.3, -0.25) is 4.79 Å². The van der Waals surface area contributed by atoms with Crippen LogP contribution in [-0.2, 0) is 9.53 Å². The van der Waals surface area contributed by atoms with E-state index in [0.717, 1.165) is 25.4 Å². The molecule has 0 radical (unpaired) electrons. The Morgan fingerprint density at radius 2 is 2.06 bits per heavy atom. The molecule has 0 aromatic rings. The highest BCUT2D eigenvalue weighted by Gasteiger charge is 2.25. The van der Waals surface area contributed by atoms with Crippen molar-refractivity contribution in [1.29, 1.82) is 0 Å². The van der Waals surface area contributed by atoms with Crippen molar-refractivity contribution in [2.24, 2.45) is 17.6 Å². The third-order valence-corrected chi connectivity index (χ3v) is 3.78. The molecule has 2 aliphatic carbocycles. The zero-order chi connectivity index (χ0) is 12.1. The summed E-state index contributed by atoms with van der Waals surface area (Å²) < 4.78 is 5.46. The zero-order valence-corrected chi connectivity index (χ0v) is 11.7. The number of rotatable bonds is 7. The number of halogens is 1. The van der Waals surface area contributed by atoms with Crippen LogP contribution >= 0.6 is 12.4 Å². The Morgan fingerprint density at radius 1 is 1.28 bits per heavy atom. The third kappa shape index (κ3) is 5.55. The van der Waals surface area contributed by atoms with Gasteiger partial charge in [-0.2, -0.15) is 0 Å². The number of ether oxygens (including phenoxy) is 1. The molecule has 18 heavy (non-hydrogen) atoms. The van der Waals surface area contributed by atoms with Crippen LogP contribution in [0.2, 0.25) is 0 Å². The lowest BCUT2D eigenvalue weighted by molar-refractivity contribution is -0.122. The Morgan fingerprint density at radius 3 is 2.67 bits per heavy atom. The lowest BCUT2D eigenvalue weighted by Crippen LogP contribution is -2.33. The maximum absolute atomic E-state index is 11.6. The van der Waals surface area contributed by atoms with Crippen molar-refractivity contribution in [3.8, 4) is 0 Å². The molecule has 2 saturated carbocycles. The molecule has 2 atom stereocenters. The molecule has 106 valence electrons. The molecule has 0 saturated heterocycles. The summed E-state index contributed by atoms with van der Waals surface area (Å²) in [5.74, 6) is 1.31. The van der Waals surface area contributed by atoms with Crippen LogP contribution in [0.5, 0.6) is 0 Å². The van der Waals surface area contributed by atoms with E-state index in [1.807, 2.05) is 0 Å². The van der Waals surface area contributed by atoms with Gasteiger partial charge in [0.2, 0.25) is 5.91 Å². The van der Waals surface area contributed by atoms with Gasteiger partial charge in [-0.15, -0.1) is 12.4 Å². The van der Waals surface area contributed by atoms with Gasteiger partial charge in [-0.05, 0) is 37.5 Å². The average Bonchev–Trinajstić information content (AvgIpc) is 3.04. The summed E-state index contributed by atoms with van der Waals surface area (Å²) in [5, 5.41) is 2.90. The van der Waals surface area contributed by atoms with E-state index in [1.165, 1.54) is 19.3 Å². The van der Waals surface area contributed by atoms with Crippen LogP contribution in [0.4, 0.5) is 0 Å². The summed E-state index contributed by atoms with van der Waals surface area (Å²) in [6, 6.07) is 0.229. The van der Waals surface area contributed by atoms with Crippen molar-refractivity contribution >= 4 is 18.3 Å². The van der Waals surface area contributed by atoms with Crippen molar-refractivity contribution in [3.63, 3.8) is 0 Å². The molecule has 4 nitrogen and oxygen atoms in total. The standard InChI is InChI=1S/C13H24N2O2.ClH/c14-12-3-1-2-11(12)8-13(16)15-6-7-17-9-10-4-5-10;/h10-12H,1-9,14H2,(H,15,16);1H/t11-,12+;/m0./s1. The first kappa shape index (κ1) is 15.7. The van der Waals surface area contributed by atoms with E-state index in [1.54, 1.807) is 0 Å². The summed E-state index contributed by atoms with van der Waals surface area (Å²) in [6.07, 6.45) is 6.56. The minimum Gasteiger partial charge on any atom is -0.379 e. The summed E-state index contributed by atoms with van der Waals surface area (Å²) in [5.41, 5.74) is 5.94. The normalized spacial score (nSPS) is 26.7. The molecule has 2 rings (SSSR count). The van der Waals surface area contributed by atoms with Crippen molar-refractivity contribution in [3.05, 3.63) is 0 Å². The number of hydrogen-bond donors (Lipinski definition) is 2. The molecule has 3 N–H and O–H groups in total. The van der Waals surface area contributed by atoms with Crippen LogP contribution in [0, 0.1) is 11.8 Å². The number of nitrogens with one attached hydrogen (secondary N) is 1. The smallest absolute Gasteiger partial charge is 0.220 e. The van der Waals surface area contributed by atoms with E-state index in [4.69, 9.17) is 10.5 Å². The fraction of sp³-hybridized carbons (Fsp3) is 0.923. The topological polar surface area (TPSA) is 64.4 Å². The van der Waals surface area contributed by atoms with Crippen molar-refractivity contribution in [2.75, 3.05) is 19.8 Å². The van der Waals surface area contributed by atoms with Gasteiger partial charge in [0.1, 0.15) is 0 Å². The van der Waals surface area contributed by atoms with Gasteiger partial charge in [0.15, 0.2) is 0 Å². The monoisotopic (exact) mass is 276 g/mol. The Hall–Kier alpha value is -0.320. The van der Waals surface area contributed by atoms with Crippen molar-refractivity contribution in [2.45, 2.75) is 44.6 Å². The lowest BCUT2D eigenvalue weighted by Gasteiger charge is -2.14. The summed E-state index contributed by atoms with van der Waals surface area (Å²) in [6.45, 7) is 2.13. The van der Waals surface area contributed by atoms with Gasteiger partial charge in [-0.25, -0.2) is 0 Å². The fourth-order valence-electron chi connectivity index (χ4n) is 2.43. The fourth-order valence-corrected chi connectivity index (χ4v) is 2.43. The average molecular weight is 277 g/mol. The van der Waals surface area contributed by atoms with Gasteiger partial charge >= 0.3 is 0 Å². The van der Waals surface area contributed by atoms with Gasteiger partial charge < -0.3 is 15.8 Å². The molecule has 0 heterocycles. The zero-order valence-electron chi connectivity index (χ0n) is 10.9. The number of carbonyl (C=O) groups excluding carboxylic acids is 1. The van der Waals surface area contributed by atoms with E-state index in [2.05, 4.69) is 5.32 Å². The second-order valence-corrected chi connectivity index (χ2v) is 5.43. The lowest BCUT2D eigenvalue weighted by atomic mass is 10.00. The van der Waals surface area contributed by atoms with Crippen LogP contribution < -0.4 is 11.1 Å². The maximum Gasteiger partial charge on any atom is 0.220 e. The van der Waals surface area contributed by atoms with Gasteiger partial charge in [-0.1, -0.05) is 6.42 Å². The van der Waals surface area contributed by atoms with Gasteiger partial charge in [0.25, 0.3) is 0 Å². The Labute approximate surface area is 115 Å². The predicted molar refractivity (Wildman–Crippen MR) is 73.7 cm³/mol. The van der Waals surface area contributed by atoms with E-state index in [-0.39, 0.29) is 24.4 Å². The van der Waals surface area contributed by atoms with E-state index in [0.29, 0.717) is 25.5 Å². The number of carbonyl (C=O) groups is 1. The molecular formula is C13H25ClN2O2. The molecule has 0 aromatic heterocycles. The van der Waals surface area contributed by atoms with E-state index >= 15 is 0 Å². The molecule has 2 fully saturated rings. The molecule has 0 aromatic carbocycles. The highest BCUT2D eigenvalue weighted by Crippen LogP contribution is 2.28. The molecule has 5 heteroatoms. The SMILES string of the molecule is Cl.N[C@@H]1CCC[C@H]1CC(=O)NCCOCC1CC1. The van der Waals surface area contributed by atoms with Crippen LogP contribution in [-0.4, -0.2) is 31.7 Å².